The minimum absolute atomic E-state index is 0.102. The molecular formula is C10H14O3. The fourth-order valence-electron chi connectivity index (χ4n) is 2.03. The molecule has 1 spiro atoms. The van der Waals surface area contributed by atoms with Crippen molar-refractivity contribution in [1.82, 2.24) is 0 Å². The van der Waals surface area contributed by atoms with E-state index in [-0.39, 0.29) is 5.78 Å². The molecule has 0 bridgehead atoms. The summed E-state index contributed by atoms with van der Waals surface area (Å²) in [7, 11) is 0. The molecule has 0 aliphatic carbocycles. The van der Waals surface area contributed by atoms with Crippen LogP contribution in [-0.2, 0) is 14.3 Å². The Kier molecular flexibility index (Phi) is 1.91. The highest BCUT2D eigenvalue weighted by Gasteiger charge is 2.44. The van der Waals surface area contributed by atoms with Gasteiger partial charge in [-0.15, -0.1) is 0 Å². The number of ether oxygens (including phenoxy) is 2. The molecule has 0 aromatic heterocycles. The number of rotatable bonds is 1. The van der Waals surface area contributed by atoms with E-state index < -0.39 is 5.79 Å². The molecule has 2 aliphatic rings. The third-order valence-electron chi connectivity index (χ3n) is 2.70. The Morgan fingerprint density at radius 3 is 2.77 bits per heavy atom. The second-order valence-corrected chi connectivity index (χ2v) is 3.73. The van der Waals surface area contributed by atoms with Gasteiger partial charge in [0, 0.05) is 18.4 Å². The lowest BCUT2D eigenvalue weighted by Crippen LogP contribution is -2.26. The molecule has 2 heterocycles. The molecular weight excluding hydrogens is 168 g/mol. The van der Waals surface area contributed by atoms with Gasteiger partial charge in [-0.3, -0.25) is 4.79 Å². The van der Waals surface area contributed by atoms with Gasteiger partial charge in [0.25, 0.3) is 0 Å². The molecule has 1 fully saturated rings. The lowest BCUT2D eigenvalue weighted by molar-refractivity contribution is -0.169. The fourth-order valence-corrected chi connectivity index (χ4v) is 2.03. The van der Waals surface area contributed by atoms with Crippen LogP contribution >= 0.6 is 0 Å². The highest BCUT2D eigenvalue weighted by Crippen LogP contribution is 2.41. The molecule has 1 atom stereocenters. The molecule has 1 saturated heterocycles. The van der Waals surface area contributed by atoms with Crippen molar-refractivity contribution in [1.29, 1.82) is 0 Å². The summed E-state index contributed by atoms with van der Waals surface area (Å²) in [5.41, 5.74) is 0.793. The van der Waals surface area contributed by atoms with Gasteiger partial charge in [0.1, 0.15) is 5.76 Å². The summed E-state index contributed by atoms with van der Waals surface area (Å²) in [5, 5.41) is 0. The van der Waals surface area contributed by atoms with Crippen LogP contribution in [-0.4, -0.2) is 18.2 Å². The molecule has 0 aromatic carbocycles. The molecule has 0 saturated carbocycles. The average molecular weight is 182 g/mol. The minimum atomic E-state index is -0.481. The van der Waals surface area contributed by atoms with E-state index in [1.807, 2.05) is 6.92 Å². The summed E-state index contributed by atoms with van der Waals surface area (Å²) in [6, 6.07) is 0. The first-order valence-electron chi connectivity index (χ1n) is 4.67. The van der Waals surface area contributed by atoms with Crippen molar-refractivity contribution in [3.63, 3.8) is 0 Å². The van der Waals surface area contributed by atoms with Gasteiger partial charge >= 0.3 is 0 Å². The Bertz CT molecular complexity index is 272. The van der Waals surface area contributed by atoms with Gasteiger partial charge in [-0.1, -0.05) is 0 Å². The first-order chi connectivity index (χ1) is 6.13. The first kappa shape index (κ1) is 8.75. The molecule has 13 heavy (non-hydrogen) atoms. The van der Waals surface area contributed by atoms with E-state index in [2.05, 4.69) is 0 Å². The van der Waals surface area contributed by atoms with Gasteiger partial charge in [-0.05, 0) is 20.3 Å². The number of carbonyl (C=O) groups excluding carboxylic acids is 1. The van der Waals surface area contributed by atoms with Crippen LogP contribution in [0.5, 0.6) is 0 Å². The van der Waals surface area contributed by atoms with Crippen molar-refractivity contribution in [2.24, 2.45) is 0 Å². The number of Topliss-reactive ketones (excluding diaryl/α,β-unsaturated/α-hetero) is 1. The molecule has 72 valence electrons. The van der Waals surface area contributed by atoms with Crippen LogP contribution in [0.2, 0.25) is 0 Å². The molecule has 2 aliphatic heterocycles. The second kappa shape index (κ2) is 2.84. The summed E-state index contributed by atoms with van der Waals surface area (Å²) < 4.78 is 11.2. The summed E-state index contributed by atoms with van der Waals surface area (Å²) in [6.07, 6.45) is 2.56. The maximum Gasteiger partial charge on any atom is 0.214 e. The SMILES string of the molecule is CC(=O)C1=C(C)OC2(CCCO2)C1. The van der Waals surface area contributed by atoms with Crippen molar-refractivity contribution in [2.75, 3.05) is 6.61 Å². The van der Waals surface area contributed by atoms with Gasteiger partial charge < -0.3 is 9.47 Å². The lowest BCUT2D eigenvalue weighted by Gasteiger charge is -2.22. The number of carbonyl (C=O) groups is 1. The smallest absolute Gasteiger partial charge is 0.214 e. The van der Waals surface area contributed by atoms with Crippen LogP contribution < -0.4 is 0 Å². The van der Waals surface area contributed by atoms with E-state index >= 15 is 0 Å². The summed E-state index contributed by atoms with van der Waals surface area (Å²) >= 11 is 0. The van der Waals surface area contributed by atoms with E-state index in [4.69, 9.17) is 9.47 Å². The first-order valence-corrected chi connectivity index (χ1v) is 4.67. The topological polar surface area (TPSA) is 35.5 Å². The lowest BCUT2D eigenvalue weighted by atomic mass is 10.0. The highest BCUT2D eigenvalue weighted by molar-refractivity contribution is 5.94. The van der Waals surface area contributed by atoms with E-state index in [9.17, 15) is 4.79 Å². The highest BCUT2D eigenvalue weighted by atomic mass is 16.7. The Balaban J connectivity index is 2.17. The van der Waals surface area contributed by atoms with Crippen molar-refractivity contribution >= 4 is 5.78 Å². The monoisotopic (exact) mass is 182 g/mol. The van der Waals surface area contributed by atoms with E-state index in [0.717, 1.165) is 30.8 Å². The van der Waals surface area contributed by atoms with E-state index in [1.54, 1.807) is 6.92 Å². The maximum atomic E-state index is 11.2. The quantitative estimate of drug-likeness (QED) is 0.620. The van der Waals surface area contributed by atoms with E-state index in [1.165, 1.54) is 0 Å². The molecule has 0 aromatic rings. The number of hydrogen-bond acceptors (Lipinski definition) is 3. The fraction of sp³-hybridized carbons (Fsp3) is 0.700. The van der Waals surface area contributed by atoms with Crippen LogP contribution in [0.4, 0.5) is 0 Å². The van der Waals surface area contributed by atoms with Crippen molar-refractivity contribution < 1.29 is 14.3 Å². The van der Waals surface area contributed by atoms with Gasteiger partial charge in [0.2, 0.25) is 5.79 Å². The zero-order chi connectivity index (χ0) is 9.47. The van der Waals surface area contributed by atoms with E-state index in [0.29, 0.717) is 6.42 Å². The summed E-state index contributed by atoms with van der Waals surface area (Å²) in [5.74, 6) is 0.365. The third kappa shape index (κ3) is 1.37. The molecule has 0 radical (unpaired) electrons. The standard InChI is InChI=1S/C10H14O3/c1-7(11)9-6-10(13-8(9)2)4-3-5-12-10/h3-6H2,1-2H3. The van der Waals surface area contributed by atoms with Crippen molar-refractivity contribution in [3.05, 3.63) is 11.3 Å². The maximum absolute atomic E-state index is 11.2. The van der Waals surface area contributed by atoms with Gasteiger partial charge in [0.05, 0.1) is 6.61 Å². The Morgan fingerprint density at radius 1 is 1.54 bits per heavy atom. The summed E-state index contributed by atoms with van der Waals surface area (Å²) in [6.45, 7) is 4.17. The van der Waals surface area contributed by atoms with Gasteiger partial charge in [-0.2, -0.15) is 0 Å². The number of allylic oxidation sites excluding steroid dienone is 1. The van der Waals surface area contributed by atoms with Crippen molar-refractivity contribution in [3.8, 4) is 0 Å². The zero-order valence-corrected chi connectivity index (χ0v) is 8.05. The average Bonchev–Trinajstić information content (AvgIpc) is 2.60. The largest absolute Gasteiger partial charge is 0.466 e. The van der Waals surface area contributed by atoms with Gasteiger partial charge in [-0.25, -0.2) is 0 Å². The second-order valence-electron chi connectivity index (χ2n) is 3.73. The van der Waals surface area contributed by atoms with Crippen molar-refractivity contribution in [2.45, 2.75) is 38.9 Å². The molecule has 0 amide bonds. The molecule has 3 nitrogen and oxygen atoms in total. The van der Waals surface area contributed by atoms with Crippen LogP contribution in [0.25, 0.3) is 0 Å². The predicted molar refractivity (Wildman–Crippen MR) is 47.0 cm³/mol. The zero-order valence-electron chi connectivity index (χ0n) is 8.05. The van der Waals surface area contributed by atoms with Crippen LogP contribution in [0.1, 0.15) is 33.1 Å². The molecule has 3 heteroatoms. The number of ketones is 1. The predicted octanol–water partition coefficient (Wildman–Crippen LogP) is 1.78. The molecule has 0 N–H and O–H groups in total. The summed E-state index contributed by atoms with van der Waals surface area (Å²) in [4.78, 5) is 11.2. The Hall–Kier alpha value is -0.830. The van der Waals surface area contributed by atoms with Crippen LogP contribution in [0, 0.1) is 0 Å². The molecule has 2 rings (SSSR count). The van der Waals surface area contributed by atoms with Crippen LogP contribution in [0.3, 0.4) is 0 Å². The number of hydrogen-bond donors (Lipinski definition) is 0. The van der Waals surface area contributed by atoms with Crippen LogP contribution in [0.15, 0.2) is 11.3 Å². The minimum Gasteiger partial charge on any atom is -0.466 e. The molecule has 1 unspecified atom stereocenters. The van der Waals surface area contributed by atoms with Gasteiger partial charge in [0.15, 0.2) is 5.78 Å². The Morgan fingerprint density at radius 2 is 2.31 bits per heavy atom. The normalized spacial score (nSPS) is 32.8. The third-order valence-corrected chi connectivity index (χ3v) is 2.70. The Labute approximate surface area is 77.7 Å².